The molecule has 1 aliphatic heterocycles. The summed E-state index contributed by atoms with van der Waals surface area (Å²) in [6.45, 7) is 3.87. The first-order valence-corrected chi connectivity index (χ1v) is 9.30. The van der Waals surface area contributed by atoms with E-state index in [1.54, 1.807) is 12.3 Å². The number of hydrogen-bond donors (Lipinski definition) is 1. The van der Waals surface area contributed by atoms with Gasteiger partial charge in [0, 0.05) is 47.4 Å². The average molecular weight is 364 g/mol. The summed E-state index contributed by atoms with van der Waals surface area (Å²) in [4.78, 5) is 8.90. The van der Waals surface area contributed by atoms with Crippen molar-refractivity contribution in [3.8, 4) is 11.1 Å². The van der Waals surface area contributed by atoms with Gasteiger partial charge in [-0.3, -0.25) is 0 Å². The van der Waals surface area contributed by atoms with Gasteiger partial charge in [-0.15, -0.1) is 0 Å². The molecule has 27 heavy (non-hydrogen) atoms. The van der Waals surface area contributed by atoms with Crippen LogP contribution >= 0.6 is 0 Å². The molecule has 140 valence electrons. The lowest BCUT2D eigenvalue weighted by Gasteiger charge is -2.24. The minimum Gasteiger partial charge on any atom is -0.384 e. The van der Waals surface area contributed by atoms with Crippen LogP contribution in [0.15, 0.2) is 42.6 Å². The fourth-order valence-electron chi connectivity index (χ4n) is 4.04. The van der Waals surface area contributed by atoms with Gasteiger partial charge in [0.05, 0.1) is 0 Å². The third-order valence-corrected chi connectivity index (χ3v) is 5.58. The van der Waals surface area contributed by atoms with E-state index in [0.717, 1.165) is 47.1 Å². The molecular formula is C22H25FN4. The lowest BCUT2D eigenvalue weighted by molar-refractivity contribution is 0.315. The van der Waals surface area contributed by atoms with Gasteiger partial charge in [0.2, 0.25) is 0 Å². The predicted molar refractivity (Wildman–Crippen MR) is 111 cm³/mol. The molecule has 0 unspecified atom stereocenters. The molecule has 2 aromatic carbocycles. The number of halogens is 1. The lowest BCUT2D eigenvalue weighted by atomic mass is 9.96. The van der Waals surface area contributed by atoms with Crippen LogP contribution in [-0.2, 0) is 0 Å². The molecule has 0 amide bonds. The number of aryl methyl sites for hydroxylation is 1. The summed E-state index contributed by atoms with van der Waals surface area (Å²) >= 11 is 0. The fourth-order valence-corrected chi connectivity index (χ4v) is 4.04. The molecule has 1 aliphatic rings. The summed E-state index contributed by atoms with van der Waals surface area (Å²) in [5.41, 5.74) is 9.53. The van der Waals surface area contributed by atoms with Crippen molar-refractivity contribution in [3.05, 3.63) is 54.0 Å². The highest BCUT2D eigenvalue weighted by Gasteiger charge is 2.26. The Kier molecular flexibility index (Phi) is 4.48. The normalized spacial score (nSPS) is 17.2. The first-order valence-electron chi connectivity index (χ1n) is 9.30. The molecule has 2 heterocycles. The van der Waals surface area contributed by atoms with E-state index in [0.29, 0.717) is 17.4 Å². The Labute approximate surface area is 159 Å². The average Bonchev–Trinajstić information content (AvgIpc) is 3.11. The third kappa shape index (κ3) is 3.23. The van der Waals surface area contributed by atoms with E-state index in [9.17, 15) is 4.39 Å². The molecule has 0 aliphatic carbocycles. The molecule has 1 fully saturated rings. The van der Waals surface area contributed by atoms with E-state index in [2.05, 4.69) is 34.9 Å². The highest BCUT2D eigenvalue weighted by atomic mass is 19.1. The van der Waals surface area contributed by atoms with E-state index >= 15 is 0 Å². The molecule has 4 nitrogen and oxygen atoms in total. The van der Waals surface area contributed by atoms with Gasteiger partial charge in [-0.1, -0.05) is 12.1 Å². The van der Waals surface area contributed by atoms with Crippen LogP contribution in [-0.4, -0.2) is 43.1 Å². The van der Waals surface area contributed by atoms with Crippen molar-refractivity contribution in [2.45, 2.75) is 19.4 Å². The van der Waals surface area contributed by atoms with Gasteiger partial charge in [-0.05, 0) is 62.8 Å². The van der Waals surface area contributed by atoms with Crippen molar-refractivity contribution in [1.29, 1.82) is 0 Å². The Balaban J connectivity index is 1.90. The molecule has 1 saturated heterocycles. The van der Waals surface area contributed by atoms with E-state index in [4.69, 9.17) is 5.73 Å². The smallest absolute Gasteiger partial charge is 0.131 e. The van der Waals surface area contributed by atoms with Crippen molar-refractivity contribution in [1.82, 2.24) is 9.88 Å². The van der Waals surface area contributed by atoms with E-state index < -0.39 is 0 Å². The van der Waals surface area contributed by atoms with E-state index in [-0.39, 0.29) is 5.82 Å². The second kappa shape index (κ2) is 6.82. The predicted octanol–water partition coefficient (Wildman–Crippen LogP) is 4.07. The fraction of sp³-hybridized carbons (Fsp3) is 0.318. The van der Waals surface area contributed by atoms with Gasteiger partial charge >= 0.3 is 0 Å². The number of fused-ring (bicyclic) bond motifs is 1. The number of pyridine rings is 1. The molecule has 0 saturated carbocycles. The summed E-state index contributed by atoms with van der Waals surface area (Å²) < 4.78 is 14.6. The quantitative estimate of drug-likeness (QED) is 0.761. The Hall–Kier alpha value is -2.66. The van der Waals surface area contributed by atoms with Crippen LogP contribution in [0, 0.1) is 12.7 Å². The van der Waals surface area contributed by atoms with Crippen molar-refractivity contribution in [2.24, 2.45) is 0 Å². The maximum atomic E-state index is 14.6. The summed E-state index contributed by atoms with van der Waals surface area (Å²) in [6, 6.07) is 11.8. The number of anilines is 2. The third-order valence-electron chi connectivity index (χ3n) is 5.58. The topological polar surface area (TPSA) is 45.4 Å². The molecule has 4 rings (SSSR count). The van der Waals surface area contributed by atoms with Crippen LogP contribution in [0.2, 0.25) is 0 Å². The van der Waals surface area contributed by atoms with Crippen LogP contribution in [0.1, 0.15) is 12.0 Å². The van der Waals surface area contributed by atoms with Crippen LogP contribution in [0.3, 0.4) is 0 Å². The zero-order chi connectivity index (χ0) is 19.1. The largest absolute Gasteiger partial charge is 0.384 e. The Morgan fingerprint density at radius 2 is 2.04 bits per heavy atom. The molecule has 2 N–H and O–H groups in total. The van der Waals surface area contributed by atoms with Gasteiger partial charge in [-0.25, -0.2) is 9.37 Å². The molecule has 3 aromatic rings. The first kappa shape index (κ1) is 17.7. The van der Waals surface area contributed by atoms with Crippen molar-refractivity contribution in [3.63, 3.8) is 0 Å². The number of likely N-dealkylation sites (N-methyl/N-ethyl adjacent to an activating group) is 1. The van der Waals surface area contributed by atoms with Crippen molar-refractivity contribution >= 4 is 22.3 Å². The molecule has 0 spiro atoms. The number of nitrogen functional groups attached to an aromatic ring is 1. The number of rotatable bonds is 3. The molecule has 0 radical (unpaired) electrons. The zero-order valence-corrected chi connectivity index (χ0v) is 16.0. The minimum atomic E-state index is -0.198. The molecule has 1 atom stereocenters. The number of aromatic nitrogens is 1. The molecule has 0 bridgehead atoms. The number of benzene rings is 2. The number of nitrogens with zero attached hydrogens (tertiary/aromatic N) is 3. The SMILES string of the molecule is Cc1cccc(F)c1-c1cc(N2CC[C@H](N(C)C)C2)c2cc(N)ncc2c1. The zero-order valence-electron chi connectivity index (χ0n) is 16.0. The molecular weight excluding hydrogens is 339 g/mol. The maximum Gasteiger partial charge on any atom is 0.131 e. The number of hydrogen-bond acceptors (Lipinski definition) is 4. The van der Waals surface area contributed by atoms with Crippen molar-refractivity contribution in [2.75, 3.05) is 37.8 Å². The second-order valence-corrected chi connectivity index (χ2v) is 7.61. The Bertz CT molecular complexity index is 979. The summed E-state index contributed by atoms with van der Waals surface area (Å²) in [5, 5.41) is 2.05. The number of nitrogens with two attached hydrogens (primary N) is 1. The highest BCUT2D eigenvalue weighted by molar-refractivity contribution is 5.99. The summed E-state index contributed by atoms with van der Waals surface area (Å²) in [7, 11) is 4.24. The minimum absolute atomic E-state index is 0.198. The van der Waals surface area contributed by atoms with Gasteiger partial charge in [0.1, 0.15) is 11.6 Å². The van der Waals surface area contributed by atoms with E-state index in [1.807, 2.05) is 25.1 Å². The van der Waals surface area contributed by atoms with Gasteiger partial charge in [0.15, 0.2) is 0 Å². The monoisotopic (exact) mass is 364 g/mol. The Morgan fingerprint density at radius 1 is 1.22 bits per heavy atom. The highest BCUT2D eigenvalue weighted by Crippen LogP contribution is 2.37. The van der Waals surface area contributed by atoms with Gasteiger partial charge in [0.25, 0.3) is 0 Å². The molecule has 1 aromatic heterocycles. The van der Waals surface area contributed by atoms with E-state index in [1.165, 1.54) is 6.07 Å². The lowest BCUT2D eigenvalue weighted by Crippen LogP contribution is -2.31. The molecule has 5 heteroatoms. The maximum absolute atomic E-state index is 14.6. The van der Waals surface area contributed by atoms with Gasteiger partial charge < -0.3 is 15.5 Å². The van der Waals surface area contributed by atoms with Crippen molar-refractivity contribution < 1.29 is 4.39 Å². The van der Waals surface area contributed by atoms with Crippen LogP contribution in [0.25, 0.3) is 21.9 Å². The Morgan fingerprint density at radius 3 is 2.74 bits per heavy atom. The van der Waals surface area contributed by atoms with Crippen LogP contribution < -0.4 is 10.6 Å². The van der Waals surface area contributed by atoms with Crippen LogP contribution in [0.4, 0.5) is 15.9 Å². The van der Waals surface area contributed by atoms with Gasteiger partial charge in [-0.2, -0.15) is 0 Å². The van der Waals surface area contributed by atoms with Crippen LogP contribution in [0.5, 0.6) is 0 Å². The summed E-state index contributed by atoms with van der Waals surface area (Å²) in [5.74, 6) is 0.304. The summed E-state index contributed by atoms with van der Waals surface area (Å²) in [6.07, 6.45) is 2.89. The standard InChI is InChI=1S/C22H25FN4/c1-14-5-4-6-19(23)22(14)15-9-16-12-25-21(24)11-18(16)20(10-15)27-8-7-17(13-27)26(2)3/h4-6,9-12,17H,7-8,13H2,1-3H3,(H2,24,25)/t17-/m0/s1. The second-order valence-electron chi connectivity index (χ2n) is 7.61. The first-order chi connectivity index (χ1) is 12.9.